The van der Waals surface area contributed by atoms with Crippen molar-refractivity contribution in [2.24, 2.45) is 12.0 Å². The molecule has 0 aliphatic carbocycles. The van der Waals surface area contributed by atoms with Gasteiger partial charge in [0.25, 0.3) is 0 Å². The summed E-state index contributed by atoms with van der Waals surface area (Å²) >= 11 is 0. The molecule has 140 valence electrons. The lowest BCUT2D eigenvalue weighted by molar-refractivity contribution is 0.234. The Kier molecular flexibility index (Phi) is 5.78. The molecule has 0 bridgehead atoms. The minimum atomic E-state index is 0.133. The number of aryl methyl sites for hydroxylation is 1. The van der Waals surface area contributed by atoms with E-state index in [1.165, 1.54) is 11.1 Å². The van der Waals surface area contributed by atoms with Crippen LogP contribution < -0.4 is 15.4 Å². The quantitative estimate of drug-likeness (QED) is 0.601. The van der Waals surface area contributed by atoms with Gasteiger partial charge in [0.05, 0.1) is 18.8 Å². The number of ether oxygens (including phenoxy) is 1. The minimum Gasteiger partial charge on any atom is -0.488 e. The van der Waals surface area contributed by atoms with Crippen molar-refractivity contribution in [1.29, 1.82) is 0 Å². The Bertz CT molecular complexity index is 729. The molecule has 0 spiro atoms. The van der Waals surface area contributed by atoms with E-state index in [0.29, 0.717) is 6.54 Å². The Morgan fingerprint density at radius 3 is 2.85 bits per heavy atom. The van der Waals surface area contributed by atoms with E-state index in [2.05, 4.69) is 51.9 Å². The van der Waals surface area contributed by atoms with Crippen LogP contribution in [-0.4, -0.2) is 61.0 Å². The van der Waals surface area contributed by atoms with Crippen LogP contribution in [0.4, 0.5) is 0 Å². The van der Waals surface area contributed by atoms with E-state index in [4.69, 9.17) is 4.74 Å². The number of aliphatic imine (C=N–C) groups is 1. The summed E-state index contributed by atoms with van der Waals surface area (Å²) < 4.78 is 7.80. The first-order chi connectivity index (χ1) is 12.6. The number of rotatable bonds is 6. The van der Waals surface area contributed by atoms with Gasteiger partial charge in [0.15, 0.2) is 5.96 Å². The van der Waals surface area contributed by atoms with Crippen LogP contribution in [0.5, 0.6) is 5.75 Å². The fourth-order valence-corrected chi connectivity index (χ4v) is 3.20. The Balaban J connectivity index is 1.50. The van der Waals surface area contributed by atoms with Gasteiger partial charge in [0, 0.05) is 38.8 Å². The van der Waals surface area contributed by atoms with E-state index < -0.39 is 0 Å². The maximum Gasteiger partial charge on any atom is 0.191 e. The highest BCUT2D eigenvalue weighted by Crippen LogP contribution is 2.27. The van der Waals surface area contributed by atoms with Gasteiger partial charge in [-0.2, -0.15) is 5.10 Å². The third-order valence-electron chi connectivity index (χ3n) is 4.63. The summed E-state index contributed by atoms with van der Waals surface area (Å²) in [6.45, 7) is 1.46. The number of benzene rings is 1. The largest absolute Gasteiger partial charge is 0.488 e. The van der Waals surface area contributed by atoms with Gasteiger partial charge >= 0.3 is 0 Å². The molecular weight excluding hydrogens is 328 g/mol. The summed E-state index contributed by atoms with van der Waals surface area (Å²) in [6.07, 6.45) is 5.02. The molecular formula is C19H28N6O. The molecule has 0 saturated heterocycles. The van der Waals surface area contributed by atoms with Crippen LogP contribution in [0.1, 0.15) is 17.2 Å². The van der Waals surface area contributed by atoms with Gasteiger partial charge in [-0.3, -0.25) is 9.67 Å². The summed E-state index contributed by atoms with van der Waals surface area (Å²) in [5.41, 5.74) is 2.45. The van der Waals surface area contributed by atoms with Crippen molar-refractivity contribution in [3.8, 4) is 5.75 Å². The first-order valence-corrected chi connectivity index (χ1v) is 8.91. The van der Waals surface area contributed by atoms with Crippen molar-refractivity contribution < 1.29 is 4.74 Å². The summed E-state index contributed by atoms with van der Waals surface area (Å²) in [4.78, 5) is 6.50. The minimum absolute atomic E-state index is 0.133. The van der Waals surface area contributed by atoms with Gasteiger partial charge in [0.2, 0.25) is 0 Å². The maximum absolute atomic E-state index is 5.97. The van der Waals surface area contributed by atoms with E-state index >= 15 is 0 Å². The molecule has 0 saturated carbocycles. The number of fused-ring (bicyclic) bond motifs is 1. The van der Waals surface area contributed by atoms with Crippen LogP contribution in [0.25, 0.3) is 0 Å². The number of para-hydroxylation sites is 1. The summed E-state index contributed by atoms with van der Waals surface area (Å²) in [5.74, 6) is 1.77. The molecule has 2 heterocycles. The molecule has 2 aromatic rings. The monoisotopic (exact) mass is 356 g/mol. The van der Waals surface area contributed by atoms with Gasteiger partial charge in [0.1, 0.15) is 11.9 Å². The molecule has 2 N–H and O–H groups in total. The Morgan fingerprint density at radius 1 is 1.38 bits per heavy atom. The molecule has 26 heavy (non-hydrogen) atoms. The SMILES string of the molecule is CN=C(NCC1Cc2ccccc2O1)NCC(c1cnn(C)c1)N(C)C. The number of hydrogen-bond acceptors (Lipinski definition) is 4. The van der Waals surface area contributed by atoms with E-state index in [1.54, 1.807) is 7.05 Å². The fourth-order valence-electron chi connectivity index (χ4n) is 3.20. The molecule has 2 unspecified atom stereocenters. The van der Waals surface area contributed by atoms with Gasteiger partial charge in [-0.1, -0.05) is 18.2 Å². The van der Waals surface area contributed by atoms with Crippen molar-refractivity contribution in [2.75, 3.05) is 34.2 Å². The van der Waals surface area contributed by atoms with E-state index in [1.807, 2.05) is 36.3 Å². The van der Waals surface area contributed by atoms with Crippen LogP contribution in [0.3, 0.4) is 0 Å². The first-order valence-electron chi connectivity index (χ1n) is 8.91. The molecule has 0 radical (unpaired) electrons. The number of aromatic nitrogens is 2. The maximum atomic E-state index is 5.97. The number of nitrogens with zero attached hydrogens (tertiary/aromatic N) is 4. The molecule has 0 amide bonds. The molecule has 1 aliphatic rings. The highest BCUT2D eigenvalue weighted by atomic mass is 16.5. The van der Waals surface area contributed by atoms with Gasteiger partial charge in [-0.05, 0) is 25.7 Å². The smallest absolute Gasteiger partial charge is 0.191 e. The number of hydrogen-bond donors (Lipinski definition) is 2. The summed E-state index contributed by atoms with van der Waals surface area (Å²) in [6, 6.07) is 8.43. The van der Waals surface area contributed by atoms with Gasteiger partial charge < -0.3 is 20.3 Å². The molecule has 2 atom stereocenters. The zero-order valence-electron chi connectivity index (χ0n) is 15.9. The lowest BCUT2D eigenvalue weighted by Crippen LogP contribution is -2.44. The van der Waals surface area contributed by atoms with Crippen LogP contribution in [0.2, 0.25) is 0 Å². The van der Waals surface area contributed by atoms with Crippen molar-refractivity contribution in [3.05, 3.63) is 47.8 Å². The average Bonchev–Trinajstić information content (AvgIpc) is 3.23. The fraction of sp³-hybridized carbons (Fsp3) is 0.474. The average molecular weight is 356 g/mol. The lowest BCUT2D eigenvalue weighted by atomic mass is 10.1. The number of likely N-dealkylation sites (N-methyl/N-ethyl adjacent to an activating group) is 1. The molecule has 0 fully saturated rings. The van der Waals surface area contributed by atoms with Gasteiger partial charge in [-0.25, -0.2) is 0 Å². The zero-order valence-corrected chi connectivity index (χ0v) is 15.9. The van der Waals surface area contributed by atoms with Crippen molar-refractivity contribution in [1.82, 2.24) is 25.3 Å². The zero-order chi connectivity index (χ0) is 18.5. The van der Waals surface area contributed by atoms with Crippen LogP contribution in [0, 0.1) is 0 Å². The highest BCUT2D eigenvalue weighted by Gasteiger charge is 2.22. The lowest BCUT2D eigenvalue weighted by Gasteiger charge is -2.25. The van der Waals surface area contributed by atoms with Crippen LogP contribution in [0.15, 0.2) is 41.7 Å². The summed E-state index contributed by atoms with van der Waals surface area (Å²) in [7, 11) is 7.86. The standard InChI is InChI=1S/C19H28N6O/c1-20-19(21-11-16-9-14-7-5-6-8-18(14)26-16)22-12-17(24(2)3)15-10-23-25(4)13-15/h5-8,10,13,16-17H,9,11-12H2,1-4H3,(H2,20,21,22). The Hall–Kier alpha value is -2.54. The molecule has 1 aromatic carbocycles. The van der Waals surface area contributed by atoms with E-state index in [-0.39, 0.29) is 12.1 Å². The summed E-state index contributed by atoms with van der Waals surface area (Å²) in [5, 5.41) is 11.1. The second-order valence-electron chi connectivity index (χ2n) is 6.81. The second-order valence-corrected chi connectivity index (χ2v) is 6.81. The predicted octanol–water partition coefficient (Wildman–Crippen LogP) is 1.19. The van der Waals surface area contributed by atoms with Gasteiger partial charge in [-0.15, -0.1) is 0 Å². The Labute approximate surface area is 155 Å². The van der Waals surface area contributed by atoms with E-state index in [9.17, 15) is 0 Å². The molecule has 3 rings (SSSR count). The van der Waals surface area contributed by atoms with E-state index in [0.717, 1.165) is 24.7 Å². The molecule has 1 aromatic heterocycles. The van der Waals surface area contributed by atoms with Crippen LogP contribution >= 0.6 is 0 Å². The molecule has 1 aliphatic heterocycles. The van der Waals surface area contributed by atoms with Crippen molar-refractivity contribution >= 4 is 5.96 Å². The first kappa shape index (κ1) is 18.3. The Morgan fingerprint density at radius 2 is 2.19 bits per heavy atom. The number of nitrogens with one attached hydrogen (secondary N) is 2. The predicted molar refractivity (Wildman–Crippen MR) is 104 cm³/mol. The highest BCUT2D eigenvalue weighted by molar-refractivity contribution is 5.79. The van der Waals surface area contributed by atoms with Crippen LogP contribution in [-0.2, 0) is 13.5 Å². The normalized spacial score (nSPS) is 17.7. The molecule has 7 heteroatoms. The molecule has 7 nitrogen and oxygen atoms in total. The number of guanidine groups is 1. The third-order valence-corrected chi connectivity index (χ3v) is 4.63. The third kappa shape index (κ3) is 4.35. The second kappa shape index (κ2) is 8.23. The topological polar surface area (TPSA) is 66.7 Å². The van der Waals surface area contributed by atoms with Crippen molar-refractivity contribution in [3.63, 3.8) is 0 Å². The van der Waals surface area contributed by atoms with Crippen molar-refractivity contribution in [2.45, 2.75) is 18.6 Å².